The van der Waals surface area contributed by atoms with Crippen LogP contribution < -0.4 is 0 Å². The maximum Gasteiger partial charge on any atom is 0.228 e. The molecule has 1 amide bonds. The molecule has 0 aromatic carbocycles. The number of hydrogen-bond acceptors (Lipinski definition) is 2. The van der Waals surface area contributed by atoms with Crippen molar-refractivity contribution in [1.29, 1.82) is 0 Å². The van der Waals surface area contributed by atoms with Crippen molar-refractivity contribution in [3.63, 3.8) is 0 Å². The van der Waals surface area contributed by atoms with E-state index in [9.17, 15) is 4.79 Å². The molecule has 0 spiro atoms. The van der Waals surface area contributed by atoms with E-state index in [0.29, 0.717) is 19.1 Å². The van der Waals surface area contributed by atoms with Crippen molar-refractivity contribution >= 4 is 5.91 Å². The molecule has 2 atom stereocenters. The van der Waals surface area contributed by atoms with Crippen LogP contribution in [-0.4, -0.2) is 36.6 Å². The summed E-state index contributed by atoms with van der Waals surface area (Å²) in [5, 5.41) is 0. The van der Waals surface area contributed by atoms with Crippen molar-refractivity contribution in [1.82, 2.24) is 4.90 Å². The van der Waals surface area contributed by atoms with Crippen LogP contribution in [0.4, 0.5) is 0 Å². The molecule has 0 aromatic heterocycles. The molecule has 1 saturated carbocycles. The fourth-order valence-electron chi connectivity index (χ4n) is 2.20. The summed E-state index contributed by atoms with van der Waals surface area (Å²) in [6, 6.07) is 0. The van der Waals surface area contributed by atoms with E-state index in [4.69, 9.17) is 11.2 Å². The van der Waals surface area contributed by atoms with E-state index in [1.54, 1.807) is 0 Å². The molecule has 2 fully saturated rings. The Bertz CT molecular complexity index is 304. The molecular formula is C13H19NO2. The van der Waals surface area contributed by atoms with E-state index >= 15 is 0 Å². The first-order valence-electron chi connectivity index (χ1n) is 6.04. The van der Waals surface area contributed by atoms with Gasteiger partial charge >= 0.3 is 0 Å². The summed E-state index contributed by atoms with van der Waals surface area (Å²) in [6.45, 7) is 3.86. The maximum absolute atomic E-state index is 12.2. The number of carbonyl (C=O) groups excluding carboxylic acids is 1. The first kappa shape index (κ1) is 11.5. The highest BCUT2D eigenvalue weighted by molar-refractivity contribution is 5.79. The van der Waals surface area contributed by atoms with Crippen molar-refractivity contribution in [3.05, 3.63) is 0 Å². The summed E-state index contributed by atoms with van der Waals surface area (Å²) in [4.78, 5) is 14.0. The monoisotopic (exact) mass is 221 g/mol. The van der Waals surface area contributed by atoms with Gasteiger partial charge in [-0.25, -0.2) is 0 Å². The quantitative estimate of drug-likeness (QED) is 0.669. The lowest BCUT2D eigenvalue weighted by Gasteiger charge is -2.22. The number of carbonyl (C=O) groups is 1. The van der Waals surface area contributed by atoms with Gasteiger partial charge in [0, 0.05) is 6.54 Å². The number of hydrogen-bond donors (Lipinski definition) is 0. The average Bonchev–Trinajstić information content (AvgIpc) is 2.97. The Balaban J connectivity index is 1.90. The van der Waals surface area contributed by atoms with Gasteiger partial charge in [0.25, 0.3) is 0 Å². The van der Waals surface area contributed by atoms with E-state index in [2.05, 4.69) is 5.92 Å². The summed E-state index contributed by atoms with van der Waals surface area (Å²) < 4.78 is 5.44. The second-order valence-electron chi connectivity index (χ2n) is 4.94. The van der Waals surface area contributed by atoms with Gasteiger partial charge in [-0.05, 0) is 32.1 Å². The molecule has 0 N–H and O–H groups in total. The highest BCUT2D eigenvalue weighted by atomic mass is 16.5. The number of amides is 1. The predicted octanol–water partition coefficient (Wildman–Crippen LogP) is 1.28. The Kier molecular flexibility index (Phi) is 3.50. The Labute approximate surface area is 97.1 Å². The van der Waals surface area contributed by atoms with Crippen molar-refractivity contribution in [2.75, 3.05) is 19.7 Å². The van der Waals surface area contributed by atoms with Gasteiger partial charge in [0.2, 0.25) is 5.91 Å². The summed E-state index contributed by atoms with van der Waals surface area (Å²) >= 11 is 0. The number of rotatable bonds is 4. The third kappa shape index (κ3) is 2.76. The van der Waals surface area contributed by atoms with Crippen LogP contribution in [0.1, 0.15) is 26.2 Å². The number of terminal acetylenes is 1. The van der Waals surface area contributed by atoms with Gasteiger partial charge in [-0.1, -0.05) is 5.92 Å². The van der Waals surface area contributed by atoms with E-state index in [1.165, 1.54) is 12.8 Å². The van der Waals surface area contributed by atoms with E-state index in [-0.39, 0.29) is 17.9 Å². The van der Waals surface area contributed by atoms with Gasteiger partial charge in [-0.2, -0.15) is 0 Å². The molecule has 2 aliphatic rings. The Morgan fingerprint density at radius 1 is 1.56 bits per heavy atom. The van der Waals surface area contributed by atoms with Crippen LogP contribution in [0.15, 0.2) is 0 Å². The Morgan fingerprint density at radius 2 is 2.31 bits per heavy atom. The van der Waals surface area contributed by atoms with Gasteiger partial charge in [0.1, 0.15) is 0 Å². The second kappa shape index (κ2) is 4.88. The normalized spacial score (nSPS) is 28.8. The molecule has 3 heteroatoms. The average molecular weight is 221 g/mol. The predicted molar refractivity (Wildman–Crippen MR) is 61.7 cm³/mol. The van der Waals surface area contributed by atoms with Gasteiger partial charge < -0.3 is 9.64 Å². The molecule has 0 radical (unpaired) electrons. The zero-order valence-electron chi connectivity index (χ0n) is 9.82. The van der Waals surface area contributed by atoms with Crippen LogP contribution >= 0.6 is 0 Å². The lowest BCUT2D eigenvalue weighted by atomic mass is 10.0. The lowest BCUT2D eigenvalue weighted by Crippen LogP contribution is -2.38. The van der Waals surface area contributed by atoms with Crippen molar-refractivity contribution in [2.45, 2.75) is 32.3 Å². The molecule has 3 nitrogen and oxygen atoms in total. The van der Waals surface area contributed by atoms with Crippen molar-refractivity contribution in [2.24, 2.45) is 11.8 Å². The first-order chi connectivity index (χ1) is 7.70. The Morgan fingerprint density at radius 3 is 2.81 bits per heavy atom. The molecule has 2 unspecified atom stereocenters. The zero-order chi connectivity index (χ0) is 11.5. The molecule has 2 rings (SSSR count). The number of ether oxygens (including phenoxy) is 1. The SMILES string of the molecule is C#CCN(CC1CC1)C(=O)C1COC(C)C1. The van der Waals surface area contributed by atoms with Crippen molar-refractivity contribution in [3.8, 4) is 12.3 Å². The molecule has 0 aromatic rings. The summed E-state index contributed by atoms with van der Waals surface area (Å²) in [5.74, 6) is 3.49. The lowest BCUT2D eigenvalue weighted by molar-refractivity contribution is -0.135. The molecule has 1 saturated heterocycles. The molecular weight excluding hydrogens is 202 g/mol. The van der Waals surface area contributed by atoms with Gasteiger partial charge in [-0.15, -0.1) is 6.42 Å². The van der Waals surface area contributed by atoms with E-state index < -0.39 is 0 Å². The minimum absolute atomic E-state index is 0.0297. The second-order valence-corrected chi connectivity index (χ2v) is 4.94. The Hall–Kier alpha value is -1.01. The minimum atomic E-state index is 0.0297. The van der Waals surface area contributed by atoms with Crippen LogP contribution in [0.3, 0.4) is 0 Å². The first-order valence-corrected chi connectivity index (χ1v) is 6.04. The summed E-state index contributed by atoms with van der Waals surface area (Å²) in [6.07, 6.45) is 8.85. The molecule has 16 heavy (non-hydrogen) atoms. The smallest absolute Gasteiger partial charge is 0.228 e. The third-order valence-corrected chi connectivity index (χ3v) is 3.32. The molecule has 88 valence electrons. The van der Waals surface area contributed by atoms with E-state index in [1.807, 2.05) is 11.8 Å². The van der Waals surface area contributed by atoms with Crippen LogP contribution in [-0.2, 0) is 9.53 Å². The van der Waals surface area contributed by atoms with Crippen LogP contribution in [0.5, 0.6) is 0 Å². The van der Waals surface area contributed by atoms with Gasteiger partial charge in [-0.3, -0.25) is 4.79 Å². The van der Waals surface area contributed by atoms with Gasteiger partial charge in [0.15, 0.2) is 0 Å². The standard InChI is InChI=1S/C13H19NO2/c1-3-6-14(8-11-4-5-11)13(15)12-7-10(2)16-9-12/h1,10-12H,4-9H2,2H3. The van der Waals surface area contributed by atoms with Gasteiger partial charge in [0.05, 0.1) is 25.2 Å². The molecule has 1 aliphatic heterocycles. The molecule has 1 aliphatic carbocycles. The third-order valence-electron chi connectivity index (χ3n) is 3.32. The minimum Gasteiger partial charge on any atom is -0.378 e. The van der Waals surface area contributed by atoms with Crippen molar-refractivity contribution < 1.29 is 9.53 Å². The fraction of sp³-hybridized carbons (Fsp3) is 0.769. The maximum atomic E-state index is 12.2. The highest BCUT2D eigenvalue weighted by Crippen LogP contribution is 2.31. The largest absolute Gasteiger partial charge is 0.378 e. The molecule has 1 heterocycles. The summed E-state index contributed by atoms with van der Waals surface area (Å²) in [5.41, 5.74) is 0. The van der Waals surface area contributed by atoms with Crippen LogP contribution in [0.25, 0.3) is 0 Å². The zero-order valence-corrected chi connectivity index (χ0v) is 9.82. The number of nitrogens with zero attached hydrogens (tertiary/aromatic N) is 1. The topological polar surface area (TPSA) is 29.5 Å². The van der Waals surface area contributed by atoms with Crippen LogP contribution in [0, 0.1) is 24.2 Å². The fourth-order valence-corrected chi connectivity index (χ4v) is 2.20. The highest BCUT2D eigenvalue weighted by Gasteiger charge is 2.33. The van der Waals surface area contributed by atoms with Crippen LogP contribution in [0.2, 0.25) is 0 Å². The molecule has 0 bridgehead atoms. The summed E-state index contributed by atoms with van der Waals surface area (Å²) in [7, 11) is 0. The van der Waals surface area contributed by atoms with E-state index in [0.717, 1.165) is 13.0 Å².